The van der Waals surface area contributed by atoms with Crippen LogP contribution in [0.25, 0.3) is 0 Å². The molecule has 4 aromatic carbocycles. The quantitative estimate of drug-likeness (QED) is 0.0844. The van der Waals surface area contributed by atoms with E-state index in [2.05, 4.69) is 10.2 Å². The van der Waals surface area contributed by atoms with Gasteiger partial charge in [0.15, 0.2) is 11.6 Å². The van der Waals surface area contributed by atoms with Gasteiger partial charge >= 0.3 is 0 Å². The number of rotatable bonds is 8. The van der Waals surface area contributed by atoms with E-state index < -0.39 is 23.7 Å². The van der Waals surface area contributed by atoms with Crippen molar-refractivity contribution in [3.8, 4) is 11.5 Å². The molecule has 2 amide bonds. The SMILES string of the molecule is CC1=CC(=O)C2=C(C[C@@H]3C(=CC[C@@H]4C(=O)N(c5ccc(N=Nc6ccc(N(C)C)cc6)cc5)C(=O)[C@@H]43)[C@@H]2c2ccc(OCc3ccccc3)cc2O)C1=O. The number of hydrogen-bond acceptors (Lipinski definition) is 9. The van der Waals surface area contributed by atoms with Crippen LogP contribution < -0.4 is 14.5 Å². The lowest BCUT2D eigenvalue weighted by Crippen LogP contribution is -2.39. The molecule has 270 valence electrons. The zero-order chi connectivity index (χ0) is 37.7. The molecule has 3 aliphatic carbocycles. The number of ketones is 2. The normalized spacial score (nSPS) is 22.2. The molecule has 0 radical (unpaired) electrons. The van der Waals surface area contributed by atoms with Crippen molar-refractivity contribution in [3.05, 3.63) is 143 Å². The van der Waals surface area contributed by atoms with Crippen molar-refractivity contribution in [3.63, 3.8) is 0 Å². The summed E-state index contributed by atoms with van der Waals surface area (Å²) in [4.78, 5) is 59.0. The zero-order valence-corrected chi connectivity index (χ0v) is 30.1. The highest BCUT2D eigenvalue weighted by molar-refractivity contribution is 6.25. The largest absolute Gasteiger partial charge is 0.507 e. The maximum absolute atomic E-state index is 14.4. The van der Waals surface area contributed by atoms with Crippen molar-refractivity contribution in [2.45, 2.75) is 32.3 Å². The molecule has 10 heteroatoms. The first-order valence-electron chi connectivity index (χ1n) is 18.0. The number of allylic oxidation sites excluding steroid dienone is 6. The number of carbonyl (C=O) groups is 4. The molecule has 1 heterocycles. The van der Waals surface area contributed by atoms with Gasteiger partial charge in [0.25, 0.3) is 0 Å². The van der Waals surface area contributed by atoms with Gasteiger partial charge in [-0.15, -0.1) is 0 Å². The molecule has 0 unspecified atom stereocenters. The van der Waals surface area contributed by atoms with Crippen molar-refractivity contribution in [2.24, 2.45) is 28.0 Å². The molecule has 10 nitrogen and oxygen atoms in total. The Morgan fingerprint density at radius 3 is 2.19 bits per heavy atom. The number of aromatic hydroxyl groups is 1. The minimum atomic E-state index is -0.774. The van der Waals surface area contributed by atoms with E-state index in [0.29, 0.717) is 51.7 Å². The van der Waals surface area contributed by atoms with Crippen molar-refractivity contribution < 1.29 is 29.0 Å². The van der Waals surface area contributed by atoms with E-state index >= 15 is 0 Å². The van der Waals surface area contributed by atoms with Crippen LogP contribution in [0.15, 0.2) is 142 Å². The summed E-state index contributed by atoms with van der Waals surface area (Å²) in [6, 6.07) is 29.1. The molecular weight excluding hydrogens is 681 g/mol. The fraction of sp³-hybridized carbons (Fsp3) is 0.227. The number of azo groups is 1. The summed E-state index contributed by atoms with van der Waals surface area (Å²) in [5, 5.41) is 20.1. The van der Waals surface area contributed by atoms with Gasteiger partial charge in [0.2, 0.25) is 11.8 Å². The highest BCUT2D eigenvalue weighted by Crippen LogP contribution is 2.56. The molecule has 4 aliphatic rings. The van der Waals surface area contributed by atoms with E-state index in [9.17, 15) is 24.3 Å². The molecule has 1 aliphatic heterocycles. The molecule has 0 spiro atoms. The fourth-order valence-corrected chi connectivity index (χ4v) is 8.19. The second kappa shape index (κ2) is 13.9. The number of fused-ring (bicyclic) bond motifs is 3. The van der Waals surface area contributed by atoms with Gasteiger partial charge in [-0.3, -0.25) is 24.1 Å². The number of anilines is 2. The summed E-state index contributed by atoms with van der Waals surface area (Å²) in [6.07, 6.45) is 3.72. The zero-order valence-electron chi connectivity index (χ0n) is 30.1. The first-order valence-corrected chi connectivity index (χ1v) is 18.0. The molecular formula is C44H38N4O6. The van der Waals surface area contributed by atoms with Crippen molar-refractivity contribution in [1.29, 1.82) is 0 Å². The fourth-order valence-electron chi connectivity index (χ4n) is 8.19. The van der Waals surface area contributed by atoms with Gasteiger partial charge in [0.1, 0.15) is 18.1 Å². The molecule has 0 bridgehead atoms. The standard InChI is InChI=1S/C44H38N4O6/c1-25-21-38(50)41-36(42(25)51)23-35-32(39(41)33-18-17-31(22-37(33)49)54-24-26-7-5-4-6-8-26)19-20-34-40(35)44(53)48(43(34)52)30-15-11-28(12-16-30)46-45-27-9-13-29(14-10-27)47(2)3/h4-19,21-22,34-35,39-40,49H,20,23-24H2,1-3H3/t34-,35+,39+,40-/m0/s1. The molecule has 1 saturated heterocycles. The number of amides is 2. The predicted octanol–water partition coefficient (Wildman–Crippen LogP) is 8.09. The van der Waals surface area contributed by atoms with E-state index in [1.54, 1.807) is 43.3 Å². The topological polar surface area (TPSA) is 129 Å². The Bertz CT molecular complexity index is 2320. The van der Waals surface area contributed by atoms with Gasteiger partial charge in [-0.2, -0.15) is 10.2 Å². The highest BCUT2D eigenvalue weighted by atomic mass is 16.5. The number of hydrogen-bond donors (Lipinski definition) is 1. The van der Waals surface area contributed by atoms with Gasteiger partial charge in [0.05, 0.1) is 28.9 Å². The Morgan fingerprint density at radius 1 is 0.833 bits per heavy atom. The number of phenolic OH excluding ortho intramolecular Hbond substituents is 1. The first-order chi connectivity index (χ1) is 26.1. The van der Waals surface area contributed by atoms with Gasteiger partial charge in [-0.25, -0.2) is 0 Å². The average Bonchev–Trinajstić information content (AvgIpc) is 3.44. The third kappa shape index (κ3) is 6.13. The van der Waals surface area contributed by atoms with Gasteiger partial charge in [0, 0.05) is 54.0 Å². The lowest BCUT2D eigenvalue weighted by atomic mass is 9.59. The third-order valence-corrected chi connectivity index (χ3v) is 10.9. The lowest BCUT2D eigenvalue weighted by molar-refractivity contribution is -0.123. The van der Waals surface area contributed by atoms with Crippen LogP contribution in [-0.4, -0.2) is 42.6 Å². The van der Waals surface area contributed by atoms with Crippen molar-refractivity contribution >= 4 is 46.1 Å². The van der Waals surface area contributed by atoms with Crippen LogP contribution >= 0.6 is 0 Å². The number of phenols is 1. The van der Waals surface area contributed by atoms with Crippen LogP contribution in [-0.2, 0) is 25.8 Å². The molecule has 4 atom stereocenters. The summed E-state index contributed by atoms with van der Waals surface area (Å²) in [7, 11) is 3.93. The van der Waals surface area contributed by atoms with Crippen LogP contribution in [0.5, 0.6) is 11.5 Å². The van der Waals surface area contributed by atoms with Crippen LogP contribution in [0.1, 0.15) is 36.8 Å². The molecule has 0 saturated carbocycles. The lowest BCUT2D eigenvalue weighted by Gasteiger charge is -2.42. The Hall–Kier alpha value is -6.42. The maximum atomic E-state index is 14.4. The highest BCUT2D eigenvalue weighted by Gasteiger charge is 2.56. The van der Waals surface area contributed by atoms with Crippen molar-refractivity contribution in [2.75, 3.05) is 23.9 Å². The van der Waals surface area contributed by atoms with E-state index in [-0.39, 0.29) is 42.0 Å². The maximum Gasteiger partial charge on any atom is 0.238 e. The summed E-state index contributed by atoms with van der Waals surface area (Å²) < 4.78 is 5.95. The van der Waals surface area contributed by atoms with Gasteiger partial charge < -0.3 is 14.7 Å². The van der Waals surface area contributed by atoms with E-state index in [1.165, 1.54) is 17.0 Å². The number of benzene rings is 4. The molecule has 4 aromatic rings. The minimum absolute atomic E-state index is 0.0918. The van der Waals surface area contributed by atoms with Crippen LogP contribution in [0.2, 0.25) is 0 Å². The van der Waals surface area contributed by atoms with Gasteiger partial charge in [-0.1, -0.05) is 48.0 Å². The Balaban J connectivity index is 1.08. The minimum Gasteiger partial charge on any atom is -0.507 e. The summed E-state index contributed by atoms with van der Waals surface area (Å²) in [5.41, 5.74) is 5.85. The second-order valence-electron chi connectivity index (χ2n) is 14.4. The first kappa shape index (κ1) is 34.7. The number of nitrogens with zero attached hydrogens (tertiary/aromatic N) is 4. The molecule has 1 fully saturated rings. The Kier molecular flexibility index (Phi) is 8.89. The van der Waals surface area contributed by atoms with Crippen molar-refractivity contribution in [1.82, 2.24) is 0 Å². The van der Waals surface area contributed by atoms with Crippen LogP contribution in [0, 0.1) is 17.8 Å². The number of imide groups is 1. The third-order valence-electron chi connectivity index (χ3n) is 10.9. The summed E-state index contributed by atoms with van der Waals surface area (Å²) >= 11 is 0. The summed E-state index contributed by atoms with van der Waals surface area (Å²) in [6.45, 7) is 1.91. The monoisotopic (exact) mass is 718 g/mol. The number of carbonyl (C=O) groups excluding carboxylic acids is 4. The smallest absolute Gasteiger partial charge is 0.238 e. The average molecular weight is 719 g/mol. The number of ether oxygens (including phenoxy) is 1. The van der Waals surface area contributed by atoms with E-state index in [0.717, 1.165) is 16.8 Å². The van der Waals surface area contributed by atoms with Crippen LogP contribution in [0.4, 0.5) is 22.7 Å². The molecule has 8 rings (SSSR count). The second-order valence-corrected chi connectivity index (χ2v) is 14.4. The Labute approximate surface area is 312 Å². The van der Waals surface area contributed by atoms with E-state index in [1.807, 2.05) is 79.7 Å². The molecule has 1 N–H and O–H groups in total. The summed E-state index contributed by atoms with van der Waals surface area (Å²) in [5.74, 6) is -3.55. The number of Topliss-reactive ketones (excluding diaryl/α,β-unsaturated/α-hetero) is 1. The molecule has 54 heavy (non-hydrogen) atoms. The Morgan fingerprint density at radius 2 is 1.52 bits per heavy atom. The van der Waals surface area contributed by atoms with Gasteiger partial charge in [-0.05, 0) is 91.9 Å². The van der Waals surface area contributed by atoms with Crippen LogP contribution in [0.3, 0.4) is 0 Å². The predicted molar refractivity (Wildman–Crippen MR) is 204 cm³/mol. The molecule has 0 aromatic heterocycles. The van der Waals surface area contributed by atoms with E-state index in [4.69, 9.17) is 4.74 Å².